The van der Waals surface area contributed by atoms with E-state index >= 15 is 0 Å². The number of carbonyl (C=O) groups is 1. The van der Waals surface area contributed by atoms with Gasteiger partial charge in [0, 0.05) is 10.2 Å². The van der Waals surface area contributed by atoms with Gasteiger partial charge in [-0.2, -0.15) is 0 Å². The molecule has 0 spiro atoms. The van der Waals surface area contributed by atoms with Gasteiger partial charge in [0.05, 0.1) is 5.92 Å². The Bertz CT molecular complexity index is 661. The third-order valence-electron chi connectivity index (χ3n) is 8.83. The Balaban J connectivity index is 1.22. The lowest BCUT2D eigenvalue weighted by Crippen LogP contribution is -2.30. The normalized spacial score (nSPS) is 35.1. The van der Waals surface area contributed by atoms with Crippen molar-refractivity contribution >= 4 is 16.2 Å². The summed E-state index contributed by atoms with van der Waals surface area (Å²) in [5.74, 6) is 5.25. The van der Waals surface area contributed by atoms with E-state index in [0.717, 1.165) is 42.3 Å². The fourth-order valence-corrected chi connectivity index (χ4v) is 7.31. The van der Waals surface area contributed by atoms with Crippen molar-refractivity contribution in [2.24, 2.45) is 29.6 Å². The molecule has 0 N–H and O–H groups in total. The van der Waals surface area contributed by atoms with Crippen LogP contribution in [0.5, 0.6) is 5.75 Å². The Morgan fingerprint density at radius 3 is 1.97 bits per heavy atom. The zero-order valence-corrected chi connectivity index (χ0v) is 21.3. The number of rotatable bonds is 5. The maximum absolute atomic E-state index is 12.7. The maximum Gasteiger partial charge on any atom is 0.314 e. The first kappa shape index (κ1) is 22.1. The number of benzene rings is 1. The highest BCUT2D eigenvalue weighted by Crippen LogP contribution is 2.42. The number of carbonyl (C=O) groups excluding carboxylic acids is 1. The molecule has 1 aromatic rings. The highest BCUT2D eigenvalue weighted by atomic mass is 28.1. The first-order valence-corrected chi connectivity index (χ1v) is 14.4. The number of esters is 1. The van der Waals surface area contributed by atoms with Crippen molar-refractivity contribution in [2.75, 3.05) is 0 Å². The first-order chi connectivity index (χ1) is 14.6. The summed E-state index contributed by atoms with van der Waals surface area (Å²) >= 11 is 0. The molecule has 0 saturated heterocycles. The molecule has 1 aromatic carbocycles. The Morgan fingerprint density at radius 1 is 0.833 bits per heavy atom. The molecule has 3 aliphatic carbocycles. The number of hydrogen-bond donors (Lipinski definition) is 0. The molecule has 4 rings (SSSR count). The highest BCUT2D eigenvalue weighted by molar-refractivity contribution is 6.08. The fourth-order valence-electron chi connectivity index (χ4n) is 6.50. The molecule has 0 aliphatic heterocycles. The summed E-state index contributed by atoms with van der Waals surface area (Å²) in [5, 5.41) is 0. The van der Waals surface area contributed by atoms with Gasteiger partial charge in [0.25, 0.3) is 0 Å². The van der Waals surface area contributed by atoms with E-state index in [1.54, 1.807) is 0 Å². The summed E-state index contributed by atoms with van der Waals surface area (Å²) in [5.41, 5.74) is 1.42. The lowest BCUT2D eigenvalue weighted by atomic mass is 9.69. The van der Waals surface area contributed by atoms with E-state index < -0.39 is 0 Å². The van der Waals surface area contributed by atoms with Crippen LogP contribution in [0.3, 0.4) is 0 Å². The van der Waals surface area contributed by atoms with E-state index in [1.807, 2.05) is 12.1 Å². The average molecular weight is 427 g/mol. The zero-order chi connectivity index (χ0) is 20.9. The summed E-state index contributed by atoms with van der Waals surface area (Å²) in [7, 11) is 1.37. The predicted octanol–water partition coefficient (Wildman–Crippen LogP) is 6.28. The minimum atomic E-state index is 0.00680. The average Bonchev–Trinajstić information content (AvgIpc) is 2.80. The van der Waals surface area contributed by atoms with Crippen molar-refractivity contribution in [3.8, 4) is 5.75 Å². The molecule has 30 heavy (non-hydrogen) atoms. The first-order valence-electron chi connectivity index (χ1n) is 12.9. The monoisotopic (exact) mass is 426 g/mol. The zero-order valence-electron chi connectivity index (χ0n) is 19.3. The molecule has 3 aliphatic rings. The minimum Gasteiger partial charge on any atom is -0.426 e. The summed E-state index contributed by atoms with van der Waals surface area (Å²) in [6, 6.07) is 9.91. The highest BCUT2D eigenvalue weighted by Gasteiger charge is 2.33. The number of hydrogen-bond acceptors (Lipinski definition) is 2. The summed E-state index contributed by atoms with van der Waals surface area (Å²) in [4.78, 5) is 12.7. The van der Waals surface area contributed by atoms with Crippen LogP contribution < -0.4 is 4.74 Å². The van der Waals surface area contributed by atoms with Crippen LogP contribution in [-0.2, 0) is 4.79 Å². The second-order valence-corrected chi connectivity index (χ2v) is 11.6. The molecule has 3 heteroatoms. The van der Waals surface area contributed by atoms with E-state index in [2.05, 4.69) is 19.1 Å². The van der Waals surface area contributed by atoms with E-state index in [4.69, 9.17) is 4.74 Å². The number of ether oxygens (including phenoxy) is 1. The van der Waals surface area contributed by atoms with Gasteiger partial charge in [0.2, 0.25) is 0 Å². The van der Waals surface area contributed by atoms with E-state index in [1.165, 1.54) is 86.1 Å². The molecule has 0 unspecified atom stereocenters. The topological polar surface area (TPSA) is 26.3 Å². The minimum absolute atomic E-state index is 0.00680. The van der Waals surface area contributed by atoms with Gasteiger partial charge < -0.3 is 4.74 Å². The standard InChI is InChI=1S/C27H42O2Si/c1-19-2-6-21(7-3-19)24-14-16-26(17-15-24)29-27(28)25-12-10-23(11-13-25)22-8-4-20(18-30)5-9-22/h14-17,19-23,25H,2-13,18H2,1,30H3. The molecule has 3 saturated carbocycles. The molecular weight excluding hydrogens is 384 g/mol. The van der Waals surface area contributed by atoms with E-state index in [-0.39, 0.29) is 11.9 Å². The van der Waals surface area contributed by atoms with E-state index in [0.29, 0.717) is 5.92 Å². The van der Waals surface area contributed by atoms with Crippen LogP contribution in [0.25, 0.3) is 0 Å². The lowest BCUT2D eigenvalue weighted by molar-refractivity contribution is -0.140. The van der Waals surface area contributed by atoms with Gasteiger partial charge in [-0.25, -0.2) is 0 Å². The van der Waals surface area contributed by atoms with Gasteiger partial charge in [0.15, 0.2) is 0 Å². The molecule has 0 amide bonds. The van der Waals surface area contributed by atoms with Crippen LogP contribution in [0.1, 0.15) is 95.5 Å². The van der Waals surface area contributed by atoms with Gasteiger partial charge in [-0.15, -0.1) is 0 Å². The third kappa shape index (κ3) is 5.58. The van der Waals surface area contributed by atoms with Crippen molar-refractivity contribution in [1.29, 1.82) is 0 Å². The van der Waals surface area contributed by atoms with Crippen molar-refractivity contribution in [1.82, 2.24) is 0 Å². The SMILES string of the molecule is CC1CCC(c2ccc(OC(=O)C3CCC(C4CCC(C[SiH3])CC4)CC3)cc2)CC1. The van der Waals surface area contributed by atoms with Crippen molar-refractivity contribution in [2.45, 2.75) is 95.9 Å². The molecule has 0 bridgehead atoms. The second kappa shape index (κ2) is 10.5. The van der Waals surface area contributed by atoms with Gasteiger partial charge in [-0.3, -0.25) is 4.79 Å². The fraction of sp³-hybridized carbons (Fsp3) is 0.741. The van der Waals surface area contributed by atoms with Crippen LogP contribution >= 0.6 is 0 Å². The van der Waals surface area contributed by atoms with Gasteiger partial charge in [-0.1, -0.05) is 50.8 Å². The largest absolute Gasteiger partial charge is 0.426 e. The third-order valence-corrected chi connectivity index (χ3v) is 9.98. The van der Waals surface area contributed by atoms with Gasteiger partial charge >= 0.3 is 5.97 Å². The Morgan fingerprint density at radius 2 is 1.40 bits per heavy atom. The molecular formula is C27H42O2Si. The van der Waals surface area contributed by atoms with Gasteiger partial charge in [-0.05, 0) is 98.7 Å². The lowest BCUT2D eigenvalue weighted by Gasteiger charge is -2.37. The van der Waals surface area contributed by atoms with E-state index in [9.17, 15) is 4.79 Å². The molecule has 166 valence electrons. The van der Waals surface area contributed by atoms with Crippen molar-refractivity contribution in [3.05, 3.63) is 29.8 Å². The maximum atomic E-state index is 12.7. The summed E-state index contributed by atoms with van der Waals surface area (Å²) in [6.45, 7) is 2.37. The molecule has 2 nitrogen and oxygen atoms in total. The summed E-state index contributed by atoms with van der Waals surface area (Å²) < 4.78 is 5.79. The van der Waals surface area contributed by atoms with Crippen LogP contribution in [-0.4, -0.2) is 16.2 Å². The Hall–Kier alpha value is -1.09. The molecule has 0 radical (unpaired) electrons. The van der Waals surface area contributed by atoms with Crippen LogP contribution in [0.15, 0.2) is 24.3 Å². The molecule has 0 atom stereocenters. The predicted molar refractivity (Wildman–Crippen MR) is 128 cm³/mol. The molecule has 0 aromatic heterocycles. The van der Waals surface area contributed by atoms with Crippen molar-refractivity contribution < 1.29 is 9.53 Å². The van der Waals surface area contributed by atoms with Crippen LogP contribution in [0.4, 0.5) is 0 Å². The van der Waals surface area contributed by atoms with Crippen LogP contribution in [0.2, 0.25) is 6.04 Å². The molecule has 0 heterocycles. The Kier molecular flexibility index (Phi) is 7.73. The summed E-state index contributed by atoms with van der Waals surface area (Å²) in [6.07, 6.45) is 15.6. The Labute approximate surface area is 187 Å². The smallest absolute Gasteiger partial charge is 0.314 e. The molecule has 3 fully saturated rings. The van der Waals surface area contributed by atoms with Crippen molar-refractivity contribution in [3.63, 3.8) is 0 Å². The second-order valence-electron chi connectivity index (χ2n) is 10.7. The van der Waals surface area contributed by atoms with Crippen LogP contribution in [0, 0.1) is 29.6 Å². The quantitative estimate of drug-likeness (QED) is 0.314. The van der Waals surface area contributed by atoms with Gasteiger partial charge in [0.1, 0.15) is 5.75 Å².